The summed E-state index contributed by atoms with van der Waals surface area (Å²) in [6.45, 7) is 6.15. The van der Waals surface area contributed by atoms with Crippen LogP contribution in [-0.2, 0) is 4.74 Å². The van der Waals surface area contributed by atoms with E-state index in [2.05, 4.69) is 18.5 Å². The second kappa shape index (κ2) is 11.3. The minimum atomic E-state index is 0.903. The van der Waals surface area contributed by atoms with E-state index in [1.54, 1.807) is 0 Å². The molecular weight excluding hydrogens is 170 g/mol. The lowest BCUT2D eigenvalue weighted by Gasteiger charge is -2.03. The highest BCUT2D eigenvalue weighted by molar-refractivity contribution is 7.98. The Balaban J connectivity index is 2.73. The molecule has 3 heteroatoms. The van der Waals surface area contributed by atoms with Crippen LogP contribution in [0.3, 0.4) is 0 Å². The average molecular weight is 191 g/mol. The summed E-state index contributed by atoms with van der Waals surface area (Å²) in [5.74, 6) is 1.20. The Hall–Kier alpha value is 0.270. The van der Waals surface area contributed by atoms with Crippen LogP contribution in [0.25, 0.3) is 0 Å². The molecule has 0 aliphatic heterocycles. The monoisotopic (exact) mass is 191 g/mol. The smallest absolute Gasteiger partial charge is 0.0478 e. The highest BCUT2D eigenvalue weighted by Gasteiger charge is 1.88. The molecule has 0 amide bonds. The molecule has 0 fully saturated rings. The maximum Gasteiger partial charge on any atom is 0.0478 e. The molecule has 0 saturated heterocycles. The number of nitrogens with one attached hydrogen (secondary N) is 1. The molecule has 0 radical (unpaired) electrons. The first kappa shape index (κ1) is 12.3. The lowest BCUT2D eigenvalue weighted by Crippen LogP contribution is -2.19. The fourth-order valence-electron chi connectivity index (χ4n) is 0.845. The van der Waals surface area contributed by atoms with E-state index in [1.165, 1.54) is 5.75 Å². The summed E-state index contributed by atoms with van der Waals surface area (Å²) in [7, 11) is 0. The maximum absolute atomic E-state index is 5.34. The summed E-state index contributed by atoms with van der Waals surface area (Å²) >= 11 is 1.88. The Morgan fingerprint density at radius 2 is 2.08 bits per heavy atom. The molecule has 0 heterocycles. The van der Waals surface area contributed by atoms with E-state index in [-0.39, 0.29) is 0 Å². The third kappa shape index (κ3) is 10.3. The van der Waals surface area contributed by atoms with Gasteiger partial charge in [-0.1, -0.05) is 6.92 Å². The molecule has 0 atom stereocenters. The Bertz CT molecular complexity index is 70.9. The number of hydrogen-bond acceptors (Lipinski definition) is 3. The van der Waals surface area contributed by atoms with Gasteiger partial charge in [0.05, 0.1) is 0 Å². The summed E-state index contributed by atoms with van der Waals surface area (Å²) in [6, 6.07) is 0. The van der Waals surface area contributed by atoms with E-state index in [1.807, 2.05) is 11.8 Å². The van der Waals surface area contributed by atoms with Gasteiger partial charge in [0.2, 0.25) is 0 Å². The molecule has 0 aromatic carbocycles. The quantitative estimate of drug-likeness (QED) is 0.561. The van der Waals surface area contributed by atoms with Crippen LogP contribution in [0.15, 0.2) is 0 Å². The fraction of sp³-hybridized carbons (Fsp3) is 1.00. The van der Waals surface area contributed by atoms with Crippen molar-refractivity contribution in [2.24, 2.45) is 0 Å². The third-order valence-electron chi connectivity index (χ3n) is 1.47. The molecule has 0 rings (SSSR count). The number of ether oxygens (including phenoxy) is 1. The van der Waals surface area contributed by atoms with Gasteiger partial charge in [-0.05, 0) is 25.6 Å². The van der Waals surface area contributed by atoms with Crippen molar-refractivity contribution >= 4 is 11.8 Å². The van der Waals surface area contributed by atoms with Gasteiger partial charge in [-0.15, -0.1) is 0 Å². The SMILES string of the molecule is CCCOCCCNCCSC. The zero-order valence-corrected chi connectivity index (χ0v) is 9.08. The van der Waals surface area contributed by atoms with E-state index in [9.17, 15) is 0 Å². The van der Waals surface area contributed by atoms with Crippen LogP contribution < -0.4 is 5.32 Å². The molecule has 1 N–H and O–H groups in total. The lowest BCUT2D eigenvalue weighted by atomic mass is 10.4. The highest BCUT2D eigenvalue weighted by Crippen LogP contribution is 1.88. The second-order valence-corrected chi connectivity index (χ2v) is 3.69. The molecule has 0 saturated carbocycles. The van der Waals surface area contributed by atoms with Gasteiger partial charge in [0.25, 0.3) is 0 Å². The summed E-state index contributed by atoms with van der Waals surface area (Å²) < 4.78 is 5.34. The van der Waals surface area contributed by atoms with Crippen molar-refractivity contribution in [3.05, 3.63) is 0 Å². The number of thioether (sulfide) groups is 1. The predicted molar refractivity (Wildman–Crippen MR) is 57.0 cm³/mol. The minimum absolute atomic E-state index is 0.903. The molecule has 2 nitrogen and oxygen atoms in total. The summed E-state index contributed by atoms with van der Waals surface area (Å²) in [6.07, 6.45) is 4.39. The topological polar surface area (TPSA) is 21.3 Å². The normalized spacial score (nSPS) is 10.5. The molecule has 0 aromatic heterocycles. The van der Waals surface area contributed by atoms with E-state index < -0.39 is 0 Å². The predicted octanol–water partition coefficient (Wildman–Crippen LogP) is 1.76. The Kier molecular flexibility index (Phi) is 11.5. The van der Waals surface area contributed by atoms with Crippen LogP contribution in [0.2, 0.25) is 0 Å². The van der Waals surface area contributed by atoms with Gasteiger partial charge in [-0.2, -0.15) is 11.8 Å². The van der Waals surface area contributed by atoms with Crippen molar-refractivity contribution < 1.29 is 4.74 Å². The van der Waals surface area contributed by atoms with Crippen LogP contribution in [-0.4, -0.2) is 38.3 Å². The van der Waals surface area contributed by atoms with E-state index in [4.69, 9.17) is 4.74 Å². The molecule has 74 valence electrons. The van der Waals surface area contributed by atoms with Gasteiger partial charge in [-0.3, -0.25) is 0 Å². The first-order valence-electron chi connectivity index (χ1n) is 4.69. The van der Waals surface area contributed by atoms with E-state index in [0.29, 0.717) is 0 Å². The average Bonchev–Trinajstić information content (AvgIpc) is 2.10. The second-order valence-electron chi connectivity index (χ2n) is 2.71. The first-order valence-corrected chi connectivity index (χ1v) is 6.08. The molecule has 0 aromatic rings. The zero-order chi connectivity index (χ0) is 9.07. The highest BCUT2D eigenvalue weighted by atomic mass is 32.2. The standard InChI is InChI=1S/C9H21NOS/c1-3-7-11-8-4-5-10-6-9-12-2/h10H,3-9H2,1-2H3. The van der Waals surface area contributed by atoms with Crippen LogP contribution in [0.5, 0.6) is 0 Å². The van der Waals surface area contributed by atoms with Gasteiger partial charge in [0.15, 0.2) is 0 Å². The molecular formula is C9H21NOS. The summed E-state index contributed by atoms with van der Waals surface area (Å²) in [5.41, 5.74) is 0. The number of hydrogen-bond donors (Lipinski definition) is 1. The van der Waals surface area contributed by atoms with Crippen LogP contribution >= 0.6 is 11.8 Å². The Morgan fingerprint density at radius 3 is 2.75 bits per heavy atom. The van der Waals surface area contributed by atoms with Crippen molar-refractivity contribution in [3.8, 4) is 0 Å². The molecule has 0 aliphatic carbocycles. The largest absolute Gasteiger partial charge is 0.381 e. The molecule has 0 aliphatic rings. The number of rotatable bonds is 9. The Labute approximate surface area is 80.4 Å². The third-order valence-corrected chi connectivity index (χ3v) is 2.09. The first-order chi connectivity index (χ1) is 5.91. The van der Waals surface area contributed by atoms with Crippen molar-refractivity contribution in [1.82, 2.24) is 5.32 Å². The summed E-state index contributed by atoms with van der Waals surface area (Å²) in [5, 5.41) is 3.36. The fourth-order valence-corrected chi connectivity index (χ4v) is 1.19. The minimum Gasteiger partial charge on any atom is -0.381 e. The van der Waals surface area contributed by atoms with Gasteiger partial charge < -0.3 is 10.1 Å². The molecule has 0 unspecified atom stereocenters. The van der Waals surface area contributed by atoms with Crippen molar-refractivity contribution in [3.63, 3.8) is 0 Å². The maximum atomic E-state index is 5.34. The van der Waals surface area contributed by atoms with Gasteiger partial charge in [-0.25, -0.2) is 0 Å². The van der Waals surface area contributed by atoms with Crippen molar-refractivity contribution in [2.75, 3.05) is 38.3 Å². The summed E-state index contributed by atoms with van der Waals surface area (Å²) in [4.78, 5) is 0. The van der Waals surface area contributed by atoms with E-state index in [0.717, 1.165) is 39.1 Å². The Morgan fingerprint density at radius 1 is 1.25 bits per heavy atom. The van der Waals surface area contributed by atoms with Crippen LogP contribution in [0, 0.1) is 0 Å². The van der Waals surface area contributed by atoms with Crippen molar-refractivity contribution in [2.45, 2.75) is 19.8 Å². The molecule has 12 heavy (non-hydrogen) atoms. The van der Waals surface area contributed by atoms with Crippen LogP contribution in [0.1, 0.15) is 19.8 Å². The lowest BCUT2D eigenvalue weighted by molar-refractivity contribution is 0.132. The van der Waals surface area contributed by atoms with Crippen LogP contribution in [0.4, 0.5) is 0 Å². The molecule has 0 bridgehead atoms. The van der Waals surface area contributed by atoms with Crippen molar-refractivity contribution in [1.29, 1.82) is 0 Å². The van der Waals surface area contributed by atoms with E-state index >= 15 is 0 Å². The van der Waals surface area contributed by atoms with Gasteiger partial charge in [0, 0.05) is 25.5 Å². The van der Waals surface area contributed by atoms with Gasteiger partial charge >= 0.3 is 0 Å². The molecule has 0 spiro atoms. The zero-order valence-electron chi connectivity index (χ0n) is 8.27. The van der Waals surface area contributed by atoms with Gasteiger partial charge in [0.1, 0.15) is 0 Å².